The number of thiazole rings is 1. The van der Waals surface area contributed by atoms with Crippen molar-refractivity contribution in [2.24, 2.45) is 0 Å². The summed E-state index contributed by atoms with van der Waals surface area (Å²) in [6, 6.07) is 6.91. The zero-order valence-electron chi connectivity index (χ0n) is 14.4. The minimum absolute atomic E-state index is 0.174. The number of aryl methyl sites for hydroxylation is 1. The molecule has 0 saturated heterocycles. The van der Waals surface area contributed by atoms with Gasteiger partial charge in [0.1, 0.15) is 5.75 Å². The number of carbonyl (C=O) groups is 2. The van der Waals surface area contributed by atoms with E-state index < -0.39 is 0 Å². The Labute approximate surface area is 167 Å². The van der Waals surface area contributed by atoms with Crippen LogP contribution in [0.2, 0.25) is 0 Å². The minimum Gasteiger partial charge on any atom is -0.496 e. The van der Waals surface area contributed by atoms with Crippen LogP contribution in [0.3, 0.4) is 0 Å². The number of hydrogen-bond donors (Lipinski definition) is 2. The summed E-state index contributed by atoms with van der Waals surface area (Å²) in [6.07, 6.45) is 0. The molecule has 0 radical (unpaired) electrons. The van der Waals surface area contributed by atoms with E-state index in [4.69, 9.17) is 4.74 Å². The number of ether oxygens (including phenoxy) is 1. The first-order chi connectivity index (χ1) is 13.0. The predicted molar refractivity (Wildman–Crippen MR) is 107 cm³/mol. The van der Waals surface area contributed by atoms with Gasteiger partial charge in [0.15, 0.2) is 9.47 Å². The van der Waals surface area contributed by atoms with Crippen molar-refractivity contribution in [3.8, 4) is 5.75 Å². The molecule has 2 heterocycles. The van der Waals surface area contributed by atoms with Gasteiger partial charge in [0.25, 0.3) is 5.91 Å². The maximum Gasteiger partial charge on any atom is 0.261 e. The molecule has 11 heteroatoms. The van der Waals surface area contributed by atoms with Gasteiger partial charge in [-0.25, -0.2) is 4.98 Å². The van der Waals surface area contributed by atoms with Gasteiger partial charge in [0.2, 0.25) is 11.0 Å². The number of methoxy groups -OCH3 is 1. The summed E-state index contributed by atoms with van der Waals surface area (Å²) < 4.78 is 5.76. The second-order valence-electron chi connectivity index (χ2n) is 5.16. The summed E-state index contributed by atoms with van der Waals surface area (Å²) in [7, 11) is 1.50. The van der Waals surface area contributed by atoms with Crippen molar-refractivity contribution in [2.45, 2.75) is 11.3 Å². The average molecular weight is 422 g/mol. The van der Waals surface area contributed by atoms with E-state index in [0.29, 0.717) is 25.9 Å². The van der Waals surface area contributed by atoms with Crippen LogP contribution in [0.15, 0.2) is 34.0 Å². The Kier molecular flexibility index (Phi) is 6.37. The Hall–Kier alpha value is -2.50. The first kappa shape index (κ1) is 19.3. The highest BCUT2D eigenvalue weighted by Crippen LogP contribution is 2.27. The fraction of sp³-hybridized carbons (Fsp3) is 0.188. The Morgan fingerprint density at radius 2 is 2.00 bits per heavy atom. The first-order valence-electron chi connectivity index (χ1n) is 7.68. The minimum atomic E-state index is -0.336. The van der Waals surface area contributed by atoms with Crippen LogP contribution in [0.5, 0.6) is 5.75 Å². The number of rotatable bonds is 7. The van der Waals surface area contributed by atoms with Crippen molar-refractivity contribution in [3.63, 3.8) is 0 Å². The maximum absolute atomic E-state index is 12.3. The zero-order valence-corrected chi connectivity index (χ0v) is 16.8. The van der Waals surface area contributed by atoms with Crippen LogP contribution >= 0.6 is 34.4 Å². The van der Waals surface area contributed by atoms with Crippen LogP contribution in [0.4, 0.5) is 10.3 Å². The van der Waals surface area contributed by atoms with Gasteiger partial charge in [0.05, 0.1) is 24.1 Å². The molecule has 8 nitrogen and oxygen atoms in total. The number of nitrogens with one attached hydrogen (secondary N) is 2. The van der Waals surface area contributed by atoms with Crippen molar-refractivity contribution in [2.75, 3.05) is 23.5 Å². The Morgan fingerprint density at radius 1 is 1.19 bits per heavy atom. The number of benzene rings is 1. The lowest BCUT2D eigenvalue weighted by molar-refractivity contribution is -0.113. The van der Waals surface area contributed by atoms with Crippen LogP contribution in [0.25, 0.3) is 0 Å². The SMILES string of the molecule is COc1ccccc1C(=O)Nc1nnc(SCC(=O)Nc2nc(C)cs2)s1. The van der Waals surface area contributed by atoms with Crippen LogP contribution in [-0.2, 0) is 4.79 Å². The summed E-state index contributed by atoms with van der Waals surface area (Å²) in [6.45, 7) is 1.86. The van der Waals surface area contributed by atoms with E-state index in [1.165, 1.54) is 41.5 Å². The first-order valence-corrected chi connectivity index (χ1v) is 10.4. The number of para-hydroxylation sites is 1. The molecule has 0 saturated carbocycles. The normalized spacial score (nSPS) is 10.4. The van der Waals surface area contributed by atoms with Gasteiger partial charge in [-0.15, -0.1) is 21.5 Å². The molecule has 0 aliphatic rings. The molecule has 0 bridgehead atoms. The van der Waals surface area contributed by atoms with E-state index in [2.05, 4.69) is 25.8 Å². The van der Waals surface area contributed by atoms with Gasteiger partial charge in [-0.3, -0.25) is 14.9 Å². The molecule has 1 aromatic carbocycles. The van der Waals surface area contributed by atoms with Crippen LogP contribution in [-0.4, -0.2) is 39.9 Å². The number of carbonyl (C=O) groups excluding carboxylic acids is 2. The zero-order chi connectivity index (χ0) is 19.2. The van der Waals surface area contributed by atoms with Gasteiger partial charge in [-0.05, 0) is 19.1 Å². The number of nitrogens with zero attached hydrogens (tertiary/aromatic N) is 3. The van der Waals surface area contributed by atoms with Gasteiger partial charge in [0, 0.05) is 5.38 Å². The molecule has 0 aliphatic carbocycles. The van der Waals surface area contributed by atoms with Crippen molar-refractivity contribution >= 4 is 56.5 Å². The van der Waals surface area contributed by atoms with Crippen LogP contribution < -0.4 is 15.4 Å². The third-order valence-electron chi connectivity index (χ3n) is 3.17. The second-order valence-corrected chi connectivity index (χ2v) is 8.22. The topological polar surface area (TPSA) is 106 Å². The standard InChI is InChI=1S/C16H15N5O3S3/c1-9-7-25-14(17-9)18-12(22)8-26-16-21-20-15(27-16)19-13(23)10-5-3-4-6-11(10)24-2/h3-7H,8H2,1-2H3,(H,17,18,22)(H,19,20,23). The van der Waals surface area contributed by atoms with Gasteiger partial charge >= 0.3 is 0 Å². The molecular formula is C16H15N5O3S3. The third-order valence-corrected chi connectivity index (χ3v) is 6.02. The number of amides is 2. The molecule has 0 aliphatic heterocycles. The highest BCUT2D eigenvalue weighted by molar-refractivity contribution is 8.01. The number of thioether (sulfide) groups is 1. The van der Waals surface area contributed by atoms with E-state index >= 15 is 0 Å². The molecule has 3 aromatic rings. The van der Waals surface area contributed by atoms with Crippen molar-refractivity contribution < 1.29 is 14.3 Å². The fourth-order valence-corrected chi connectivity index (χ4v) is 4.26. The fourth-order valence-electron chi connectivity index (χ4n) is 2.01. The molecule has 0 atom stereocenters. The van der Waals surface area contributed by atoms with Gasteiger partial charge in [-0.1, -0.05) is 35.2 Å². The van der Waals surface area contributed by atoms with E-state index in [9.17, 15) is 9.59 Å². The summed E-state index contributed by atoms with van der Waals surface area (Å²) in [4.78, 5) is 28.5. The highest BCUT2D eigenvalue weighted by Gasteiger charge is 2.15. The quantitative estimate of drug-likeness (QED) is 0.445. The molecule has 0 fully saturated rings. The lowest BCUT2D eigenvalue weighted by atomic mass is 10.2. The third kappa shape index (κ3) is 5.25. The van der Waals surface area contributed by atoms with E-state index in [0.717, 1.165) is 5.69 Å². The van der Waals surface area contributed by atoms with Crippen molar-refractivity contribution in [1.82, 2.24) is 15.2 Å². The summed E-state index contributed by atoms with van der Waals surface area (Å²) in [5, 5.41) is 16.1. The molecule has 2 N–H and O–H groups in total. The second kappa shape index (κ2) is 8.93. The molecule has 3 rings (SSSR count). The van der Waals surface area contributed by atoms with Gasteiger partial charge < -0.3 is 10.1 Å². The van der Waals surface area contributed by atoms with Gasteiger partial charge in [-0.2, -0.15) is 0 Å². The summed E-state index contributed by atoms with van der Waals surface area (Å²) in [5.74, 6) is 0.137. The largest absolute Gasteiger partial charge is 0.496 e. The molecule has 2 amide bonds. The smallest absolute Gasteiger partial charge is 0.261 e. The molecule has 2 aromatic heterocycles. The maximum atomic E-state index is 12.3. The monoisotopic (exact) mass is 421 g/mol. The Balaban J connectivity index is 1.53. The Morgan fingerprint density at radius 3 is 2.74 bits per heavy atom. The van der Waals surface area contributed by atoms with Crippen molar-refractivity contribution in [3.05, 3.63) is 40.9 Å². The number of hydrogen-bond acceptors (Lipinski definition) is 9. The Bertz CT molecular complexity index is 956. The molecule has 0 unspecified atom stereocenters. The molecule has 0 spiro atoms. The lowest BCUT2D eigenvalue weighted by Crippen LogP contribution is -2.13. The van der Waals surface area contributed by atoms with E-state index in [-0.39, 0.29) is 17.6 Å². The molecular weight excluding hydrogens is 406 g/mol. The summed E-state index contributed by atoms with van der Waals surface area (Å²) >= 11 is 3.81. The molecule has 140 valence electrons. The number of aromatic nitrogens is 3. The van der Waals surface area contributed by atoms with Crippen LogP contribution in [0, 0.1) is 6.92 Å². The lowest BCUT2D eigenvalue weighted by Gasteiger charge is -2.06. The van der Waals surface area contributed by atoms with E-state index in [1.807, 2.05) is 12.3 Å². The summed E-state index contributed by atoms with van der Waals surface area (Å²) in [5.41, 5.74) is 1.27. The molecule has 27 heavy (non-hydrogen) atoms. The van der Waals surface area contributed by atoms with Crippen LogP contribution in [0.1, 0.15) is 16.1 Å². The number of anilines is 2. The van der Waals surface area contributed by atoms with E-state index in [1.54, 1.807) is 24.3 Å². The average Bonchev–Trinajstić information content (AvgIpc) is 3.28. The predicted octanol–water partition coefficient (Wildman–Crippen LogP) is 3.29. The van der Waals surface area contributed by atoms with Crippen molar-refractivity contribution in [1.29, 1.82) is 0 Å². The highest BCUT2D eigenvalue weighted by atomic mass is 32.2.